The van der Waals surface area contributed by atoms with Crippen molar-refractivity contribution in [2.45, 2.75) is 111 Å². The van der Waals surface area contributed by atoms with Gasteiger partial charge in [0.2, 0.25) is 23.6 Å². The molecule has 13 heteroatoms. The van der Waals surface area contributed by atoms with E-state index < -0.39 is 30.2 Å². The average molecular weight is 710 g/mol. The van der Waals surface area contributed by atoms with Crippen molar-refractivity contribution in [2.75, 3.05) is 81.2 Å². The van der Waals surface area contributed by atoms with Gasteiger partial charge >= 0.3 is 0 Å². The topological polar surface area (TPSA) is 136 Å². The van der Waals surface area contributed by atoms with Crippen LogP contribution in [0.2, 0.25) is 0 Å². The van der Waals surface area contributed by atoms with Gasteiger partial charge in [0, 0.05) is 67.1 Å². The number of ether oxygens (including phenoxy) is 2. The molecule has 2 rings (SSSR count). The largest absolute Gasteiger partial charge is 0.379 e. The first-order valence-electron chi connectivity index (χ1n) is 18.9. The first-order chi connectivity index (χ1) is 23.6. The van der Waals surface area contributed by atoms with Crippen molar-refractivity contribution in [3.8, 4) is 0 Å². The normalized spacial score (nSPS) is 21.4. The zero-order valence-electron chi connectivity index (χ0n) is 33.3. The van der Waals surface area contributed by atoms with Gasteiger partial charge in [-0.15, -0.1) is 0 Å². The second-order valence-electron chi connectivity index (χ2n) is 15.4. The summed E-state index contributed by atoms with van der Waals surface area (Å²) in [5.41, 5.74) is 0. The first kappa shape index (κ1) is 43.8. The molecule has 0 bridgehead atoms. The van der Waals surface area contributed by atoms with Crippen LogP contribution in [-0.4, -0.2) is 161 Å². The highest BCUT2D eigenvalue weighted by molar-refractivity contribution is 5.90. The molecule has 8 atom stereocenters. The molecule has 0 spiro atoms. The Bertz CT molecular complexity index is 1060. The Hall–Kier alpha value is -2.32. The Labute approximate surface area is 302 Å². The van der Waals surface area contributed by atoms with Crippen molar-refractivity contribution in [1.82, 2.24) is 35.6 Å². The average Bonchev–Trinajstić information content (AvgIpc) is 3.56. The minimum atomic E-state index is -0.733. The Balaban J connectivity index is 2.19. The van der Waals surface area contributed by atoms with Gasteiger partial charge < -0.3 is 35.2 Å². The highest BCUT2D eigenvalue weighted by Crippen LogP contribution is 2.29. The zero-order valence-corrected chi connectivity index (χ0v) is 33.3. The number of likely N-dealkylation sites (N-methyl/N-ethyl adjacent to an activating group) is 2. The molecule has 2 fully saturated rings. The summed E-state index contributed by atoms with van der Waals surface area (Å²) in [6, 6.07) is -1.76. The van der Waals surface area contributed by atoms with E-state index in [-0.39, 0.29) is 59.9 Å². The molecule has 3 N–H and O–H groups in total. The molecule has 0 saturated carbocycles. The van der Waals surface area contributed by atoms with Crippen LogP contribution in [0.15, 0.2) is 0 Å². The van der Waals surface area contributed by atoms with Crippen LogP contribution in [-0.2, 0) is 28.7 Å². The minimum absolute atomic E-state index is 0.0152. The van der Waals surface area contributed by atoms with Crippen LogP contribution in [0, 0.1) is 23.7 Å². The Kier molecular flexibility index (Phi) is 18.6. The fourth-order valence-corrected chi connectivity index (χ4v) is 7.84. The number of hydrogen-bond acceptors (Lipinski definition) is 9. The van der Waals surface area contributed by atoms with Crippen molar-refractivity contribution in [3.05, 3.63) is 0 Å². The summed E-state index contributed by atoms with van der Waals surface area (Å²) in [4.78, 5) is 62.7. The standard InChI is InChI=1S/C37H71N7O6/c1-13-26(6)33(42(10)37(48)31(24(2)3)40-36(47)32(25(4)5)41(8)9)29(49-11)23-30(45)44-19-14-15-28(44)34(50-12)27(7)35(46)39-18-22-43-20-16-38-17-21-43/h24-29,31-34,38H,13-23H2,1-12H3,(H,39,46)(H,40,47)/t26-,27+,28-,29+,31-,32-,33-,34+/m0/s1. The quantitative estimate of drug-likeness (QED) is 0.173. The molecule has 0 radical (unpaired) electrons. The molecule has 4 amide bonds. The van der Waals surface area contributed by atoms with Gasteiger partial charge in [0.15, 0.2) is 0 Å². The Morgan fingerprint density at radius 2 is 1.54 bits per heavy atom. The van der Waals surface area contributed by atoms with E-state index in [4.69, 9.17) is 9.47 Å². The molecule has 50 heavy (non-hydrogen) atoms. The van der Waals surface area contributed by atoms with Crippen LogP contribution >= 0.6 is 0 Å². The number of nitrogens with zero attached hydrogens (tertiary/aromatic N) is 4. The molecule has 2 heterocycles. The van der Waals surface area contributed by atoms with Crippen molar-refractivity contribution >= 4 is 23.6 Å². The number of methoxy groups -OCH3 is 2. The van der Waals surface area contributed by atoms with E-state index in [1.807, 2.05) is 58.5 Å². The van der Waals surface area contributed by atoms with E-state index in [9.17, 15) is 19.2 Å². The molecular formula is C37H71N7O6. The fourth-order valence-electron chi connectivity index (χ4n) is 7.84. The number of nitrogens with one attached hydrogen (secondary N) is 3. The lowest BCUT2D eigenvalue weighted by molar-refractivity contribution is -0.148. The second kappa shape index (κ2) is 21.3. The van der Waals surface area contributed by atoms with Crippen molar-refractivity contribution in [2.24, 2.45) is 23.7 Å². The number of piperazine rings is 1. The molecule has 0 aromatic rings. The zero-order chi connectivity index (χ0) is 37.7. The molecule has 0 aliphatic carbocycles. The van der Waals surface area contributed by atoms with Gasteiger partial charge in [-0.05, 0) is 44.7 Å². The van der Waals surface area contributed by atoms with Crippen molar-refractivity contribution < 1.29 is 28.7 Å². The maximum atomic E-state index is 14.2. The fraction of sp³-hybridized carbons (Fsp3) is 0.892. The minimum Gasteiger partial charge on any atom is -0.379 e. The lowest BCUT2D eigenvalue weighted by Crippen LogP contribution is -2.59. The highest BCUT2D eigenvalue weighted by atomic mass is 16.5. The van der Waals surface area contributed by atoms with Crippen LogP contribution in [0.25, 0.3) is 0 Å². The van der Waals surface area contributed by atoms with Crippen LogP contribution in [0.4, 0.5) is 0 Å². The summed E-state index contributed by atoms with van der Waals surface area (Å²) in [6.45, 7) is 19.7. The third-order valence-electron chi connectivity index (χ3n) is 10.9. The molecule has 0 aromatic heterocycles. The van der Waals surface area contributed by atoms with Gasteiger partial charge in [0.05, 0.1) is 42.7 Å². The summed E-state index contributed by atoms with van der Waals surface area (Å²) in [7, 11) is 8.69. The third kappa shape index (κ3) is 11.9. The van der Waals surface area contributed by atoms with Crippen molar-refractivity contribution in [3.63, 3.8) is 0 Å². The monoisotopic (exact) mass is 710 g/mol. The first-order valence-corrected chi connectivity index (χ1v) is 18.9. The van der Waals surface area contributed by atoms with Crippen molar-refractivity contribution in [1.29, 1.82) is 0 Å². The lowest BCUT2D eigenvalue weighted by Gasteiger charge is -2.41. The van der Waals surface area contributed by atoms with Gasteiger partial charge in [-0.1, -0.05) is 54.9 Å². The summed E-state index contributed by atoms with van der Waals surface area (Å²) >= 11 is 0. The molecule has 0 aromatic carbocycles. The molecule has 0 unspecified atom stereocenters. The summed E-state index contributed by atoms with van der Waals surface area (Å²) in [6.07, 6.45) is 1.38. The number of hydrogen-bond donors (Lipinski definition) is 3. The van der Waals surface area contributed by atoms with Gasteiger partial charge in [0.1, 0.15) is 6.04 Å². The Morgan fingerprint density at radius 3 is 2.06 bits per heavy atom. The maximum absolute atomic E-state index is 14.2. The highest BCUT2D eigenvalue weighted by Gasteiger charge is 2.43. The summed E-state index contributed by atoms with van der Waals surface area (Å²) < 4.78 is 12.0. The van der Waals surface area contributed by atoms with E-state index in [1.165, 1.54) is 0 Å². The molecule has 2 aliphatic rings. The number of carbonyl (C=O) groups is 4. The summed E-state index contributed by atoms with van der Waals surface area (Å²) in [5.74, 6) is -1.06. The van der Waals surface area contributed by atoms with Gasteiger partial charge in [-0.3, -0.25) is 29.0 Å². The smallest absolute Gasteiger partial charge is 0.245 e. The van der Waals surface area contributed by atoms with Crippen LogP contribution < -0.4 is 16.0 Å². The van der Waals surface area contributed by atoms with Crippen LogP contribution in [0.3, 0.4) is 0 Å². The number of rotatable bonds is 20. The SMILES string of the molecule is CC[C@H](C)[C@@H]([C@@H](CC(=O)N1CCC[C@H]1[C@H](OC)[C@@H](C)C(=O)NCCN1CCNCC1)OC)N(C)C(=O)[C@@H](NC(=O)[C@H](C(C)C)N(C)C)C(C)C. The third-order valence-corrected chi connectivity index (χ3v) is 10.9. The van der Waals surface area contributed by atoms with Gasteiger partial charge in [0.25, 0.3) is 0 Å². The second-order valence-corrected chi connectivity index (χ2v) is 15.4. The maximum Gasteiger partial charge on any atom is 0.245 e. The van der Waals surface area contributed by atoms with E-state index in [1.54, 1.807) is 26.2 Å². The predicted octanol–water partition coefficient (Wildman–Crippen LogP) is 1.66. The van der Waals surface area contributed by atoms with Crippen LogP contribution in [0.1, 0.15) is 74.1 Å². The van der Waals surface area contributed by atoms with E-state index in [0.29, 0.717) is 13.1 Å². The van der Waals surface area contributed by atoms with E-state index in [2.05, 4.69) is 34.7 Å². The van der Waals surface area contributed by atoms with Gasteiger partial charge in [-0.2, -0.15) is 0 Å². The predicted molar refractivity (Wildman–Crippen MR) is 198 cm³/mol. The molecule has 290 valence electrons. The van der Waals surface area contributed by atoms with E-state index in [0.717, 1.165) is 52.0 Å². The molecule has 2 aliphatic heterocycles. The molecular weight excluding hydrogens is 638 g/mol. The van der Waals surface area contributed by atoms with E-state index >= 15 is 0 Å². The number of likely N-dealkylation sites (tertiary alicyclic amines) is 1. The molecule has 2 saturated heterocycles. The summed E-state index contributed by atoms with van der Waals surface area (Å²) in [5, 5.41) is 9.48. The lowest BCUT2D eigenvalue weighted by atomic mass is 9.89. The number of amides is 4. The van der Waals surface area contributed by atoms with Crippen LogP contribution in [0.5, 0.6) is 0 Å². The number of carbonyl (C=O) groups excluding carboxylic acids is 4. The molecule has 13 nitrogen and oxygen atoms in total. The van der Waals surface area contributed by atoms with Gasteiger partial charge in [-0.25, -0.2) is 0 Å². The Morgan fingerprint density at radius 1 is 0.900 bits per heavy atom.